The summed E-state index contributed by atoms with van der Waals surface area (Å²) in [7, 11) is 0. The van der Waals surface area contributed by atoms with Crippen LogP contribution in [0.3, 0.4) is 0 Å². The van der Waals surface area contributed by atoms with Crippen LogP contribution in [0.25, 0.3) is 0 Å². The van der Waals surface area contributed by atoms with Gasteiger partial charge in [-0.25, -0.2) is 0 Å². The summed E-state index contributed by atoms with van der Waals surface area (Å²) >= 11 is 0. The molecule has 15 heavy (non-hydrogen) atoms. The third kappa shape index (κ3) is 1.78. The number of rotatable bonds is 3. The normalized spacial score (nSPS) is 28.9. The van der Waals surface area contributed by atoms with Crippen molar-refractivity contribution < 1.29 is 4.79 Å². The van der Waals surface area contributed by atoms with E-state index in [1.165, 1.54) is 19.3 Å². The molecule has 2 fully saturated rings. The second-order valence-corrected chi connectivity index (χ2v) is 5.15. The average Bonchev–Trinajstić information content (AvgIpc) is 2.64. The van der Waals surface area contributed by atoms with E-state index in [1.54, 1.807) is 0 Å². The Balaban J connectivity index is 1.96. The molecule has 3 heteroatoms. The van der Waals surface area contributed by atoms with Gasteiger partial charge in [-0.3, -0.25) is 4.79 Å². The van der Waals surface area contributed by atoms with Crippen LogP contribution in [0.1, 0.15) is 39.0 Å². The van der Waals surface area contributed by atoms with Crippen molar-refractivity contribution in [2.75, 3.05) is 19.6 Å². The van der Waals surface area contributed by atoms with Crippen LogP contribution in [-0.2, 0) is 4.79 Å². The first-order valence-corrected chi connectivity index (χ1v) is 6.21. The van der Waals surface area contributed by atoms with Crippen LogP contribution in [0.2, 0.25) is 0 Å². The van der Waals surface area contributed by atoms with Crippen molar-refractivity contribution in [1.29, 1.82) is 0 Å². The summed E-state index contributed by atoms with van der Waals surface area (Å²) in [4.78, 5) is 14.3. The fourth-order valence-corrected chi connectivity index (χ4v) is 2.79. The topological polar surface area (TPSA) is 46.3 Å². The van der Waals surface area contributed by atoms with Gasteiger partial charge in [0.1, 0.15) is 0 Å². The smallest absolute Gasteiger partial charge is 0.230 e. The molecule has 1 saturated heterocycles. The van der Waals surface area contributed by atoms with Gasteiger partial charge in [0.05, 0.1) is 5.41 Å². The van der Waals surface area contributed by atoms with Gasteiger partial charge in [-0.05, 0) is 25.2 Å². The van der Waals surface area contributed by atoms with E-state index in [0.717, 1.165) is 31.8 Å². The molecule has 1 amide bonds. The fraction of sp³-hybridized carbons (Fsp3) is 0.917. The second kappa shape index (κ2) is 4.12. The number of nitrogens with zero attached hydrogens (tertiary/aromatic N) is 1. The van der Waals surface area contributed by atoms with Gasteiger partial charge in [0.25, 0.3) is 0 Å². The first kappa shape index (κ1) is 10.9. The Morgan fingerprint density at radius 2 is 2.27 bits per heavy atom. The molecule has 1 atom stereocenters. The molecule has 1 aliphatic carbocycles. The molecule has 0 radical (unpaired) electrons. The van der Waals surface area contributed by atoms with E-state index in [-0.39, 0.29) is 5.41 Å². The van der Waals surface area contributed by atoms with Crippen molar-refractivity contribution in [3.63, 3.8) is 0 Å². The lowest BCUT2D eigenvalue weighted by atomic mass is 9.68. The van der Waals surface area contributed by atoms with Crippen LogP contribution < -0.4 is 5.73 Å². The number of carbonyl (C=O) groups excluding carboxylic acids is 1. The number of amides is 1. The molecule has 0 aromatic rings. The van der Waals surface area contributed by atoms with Gasteiger partial charge in [0, 0.05) is 19.6 Å². The predicted molar refractivity (Wildman–Crippen MR) is 60.3 cm³/mol. The zero-order valence-corrected chi connectivity index (χ0v) is 9.67. The molecule has 0 bridgehead atoms. The highest BCUT2D eigenvalue weighted by Crippen LogP contribution is 2.42. The molecule has 3 nitrogen and oxygen atoms in total. The molecule has 1 aliphatic heterocycles. The summed E-state index contributed by atoms with van der Waals surface area (Å²) in [6.07, 6.45) is 5.57. The Hall–Kier alpha value is -0.570. The van der Waals surface area contributed by atoms with Crippen molar-refractivity contribution in [3.05, 3.63) is 0 Å². The van der Waals surface area contributed by atoms with Crippen molar-refractivity contribution >= 4 is 5.91 Å². The number of hydrogen-bond donors (Lipinski definition) is 1. The molecule has 2 aliphatic rings. The lowest BCUT2D eigenvalue weighted by Gasteiger charge is -2.41. The van der Waals surface area contributed by atoms with E-state index in [4.69, 9.17) is 5.73 Å². The van der Waals surface area contributed by atoms with Crippen LogP contribution in [0.5, 0.6) is 0 Å². The molecule has 0 spiro atoms. The van der Waals surface area contributed by atoms with E-state index in [9.17, 15) is 4.79 Å². The number of likely N-dealkylation sites (tertiary alicyclic amines) is 1. The summed E-state index contributed by atoms with van der Waals surface area (Å²) < 4.78 is 0. The number of hydrogen-bond acceptors (Lipinski definition) is 2. The molecule has 1 unspecified atom stereocenters. The largest absolute Gasteiger partial charge is 0.342 e. The lowest BCUT2D eigenvalue weighted by molar-refractivity contribution is -0.145. The first-order chi connectivity index (χ1) is 7.22. The van der Waals surface area contributed by atoms with E-state index < -0.39 is 0 Å². The number of nitrogens with two attached hydrogens (primary N) is 1. The molecular weight excluding hydrogens is 188 g/mol. The molecule has 2 N–H and O–H groups in total. The summed E-state index contributed by atoms with van der Waals surface area (Å²) in [6.45, 7) is 4.68. The van der Waals surface area contributed by atoms with E-state index in [0.29, 0.717) is 12.5 Å². The quantitative estimate of drug-likeness (QED) is 0.765. The molecule has 86 valence electrons. The first-order valence-electron chi connectivity index (χ1n) is 6.21. The average molecular weight is 210 g/mol. The molecule has 1 saturated carbocycles. The highest BCUT2D eigenvalue weighted by Gasteiger charge is 2.46. The monoisotopic (exact) mass is 210 g/mol. The van der Waals surface area contributed by atoms with Crippen molar-refractivity contribution in [2.45, 2.75) is 39.0 Å². The summed E-state index contributed by atoms with van der Waals surface area (Å²) in [5.41, 5.74) is 5.59. The van der Waals surface area contributed by atoms with E-state index in [2.05, 4.69) is 11.8 Å². The Labute approximate surface area is 92.0 Å². The zero-order chi connectivity index (χ0) is 10.9. The van der Waals surface area contributed by atoms with Gasteiger partial charge in [-0.2, -0.15) is 0 Å². The Morgan fingerprint density at radius 1 is 1.53 bits per heavy atom. The van der Waals surface area contributed by atoms with E-state index >= 15 is 0 Å². The Kier molecular flexibility index (Phi) is 3.01. The minimum atomic E-state index is -0.164. The predicted octanol–water partition coefficient (Wildman–Crippen LogP) is 1.37. The van der Waals surface area contributed by atoms with Crippen molar-refractivity contribution in [3.8, 4) is 0 Å². The van der Waals surface area contributed by atoms with Gasteiger partial charge in [0.2, 0.25) is 5.91 Å². The lowest BCUT2D eigenvalue weighted by Crippen LogP contribution is -2.51. The third-order valence-electron chi connectivity index (χ3n) is 4.31. The van der Waals surface area contributed by atoms with Crippen molar-refractivity contribution in [2.24, 2.45) is 17.1 Å². The second-order valence-electron chi connectivity index (χ2n) is 5.15. The van der Waals surface area contributed by atoms with Crippen LogP contribution in [0, 0.1) is 11.3 Å². The maximum atomic E-state index is 12.3. The van der Waals surface area contributed by atoms with Gasteiger partial charge in [-0.15, -0.1) is 0 Å². The van der Waals surface area contributed by atoms with Crippen LogP contribution >= 0.6 is 0 Å². The minimum absolute atomic E-state index is 0.164. The van der Waals surface area contributed by atoms with Gasteiger partial charge in [0.15, 0.2) is 0 Å². The standard InChI is InChI=1S/C12H22N2O/c1-2-10-4-7-14(8-10)11(15)12(9-13)5-3-6-12/h10H,2-9,13H2,1H3. The van der Waals surface area contributed by atoms with Crippen LogP contribution in [0.15, 0.2) is 0 Å². The molecule has 2 rings (SSSR count). The third-order valence-corrected chi connectivity index (χ3v) is 4.31. The maximum absolute atomic E-state index is 12.3. The fourth-order valence-electron chi connectivity index (χ4n) is 2.79. The summed E-state index contributed by atoms with van der Waals surface area (Å²) in [5, 5.41) is 0. The molecule has 0 aromatic heterocycles. The molecule has 1 heterocycles. The minimum Gasteiger partial charge on any atom is -0.342 e. The molecular formula is C12H22N2O. The Morgan fingerprint density at radius 3 is 2.67 bits per heavy atom. The summed E-state index contributed by atoms with van der Waals surface area (Å²) in [5.74, 6) is 1.07. The van der Waals surface area contributed by atoms with Crippen molar-refractivity contribution in [1.82, 2.24) is 4.90 Å². The number of carbonyl (C=O) groups is 1. The maximum Gasteiger partial charge on any atom is 0.230 e. The molecule has 0 aromatic carbocycles. The van der Waals surface area contributed by atoms with Gasteiger partial charge in [-0.1, -0.05) is 19.8 Å². The van der Waals surface area contributed by atoms with Crippen LogP contribution in [-0.4, -0.2) is 30.4 Å². The highest BCUT2D eigenvalue weighted by atomic mass is 16.2. The highest BCUT2D eigenvalue weighted by molar-refractivity contribution is 5.84. The summed E-state index contributed by atoms with van der Waals surface area (Å²) in [6, 6.07) is 0. The van der Waals surface area contributed by atoms with Crippen LogP contribution in [0.4, 0.5) is 0 Å². The Bertz CT molecular complexity index is 242. The SMILES string of the molecule is CCC1CCN(C(=O)C2(CN)CCC2)C1. The van der Waals surface area contributed by atoms with Gasteiger partial charge >= 0.3 is 0 Å². The van der Waals surface area contributed by atoms with E-state index in [1.807, 2.05) is 0 Å². The van der Waals surface area contributed by atoms with Gasteiger partial charge < -0.3 is 10.6 Å². The zero-order valence-electron chi connectivity index (χ0n) is 9.67.